The normalized spacial score (nSPS) is 11.8. The van der Waals surface area contributed by atoms with Crippen molar-refractivity contribution >= 4 is 28.5 Å². The number of nitrogens with one attached hydrogen (secondary N) is 1. The molecule has 69 heavy (non-hydrogen) atoms. The Bertz CT molecular complexity index is 2440. The van der Waals surface area contributed by atoms with E-state index in [0.29, 0.717) is 17.3 Å². The van der Waals surface area contributed by atoms with Crippen molar-refractivity contribution < 1.29 is 28.9 Å². The Morgan fingerprint density at radius 2 is 1.25 bits per heavy atom. The SMILES string of the molecule is CCCCCCCCCCCCCCOC(=O)c1ccc(OC)c(NC(=O)C(c2nc3ccccc3c(=O)n2CCCCCCCCCCCC)n2c(O)c(OCC)n(Cc3ccccc3)c2=O)c1. The highest BCUT2D eigenvalue weighted by Crippen LogP contribution is 2.34. The Hall–Kier alpha value is -5.85. The Morgan fingerprint density at radius 1 is 0.681 bits per heavy atom. The van der Waals surface area contributed by atoms with Gasteiger partial charge in [0.15, 0.2) is 6.04 Å². The minimum Gasteiger partial charge on any atom is -0.495 e. The lowest BCUT2D eigenvalue weighted by Crippen LogP contribution is -2.39. The monoisotopic (exact) mass is 950 g/mol. The number of aromatic nitrogens is 4. The quantitative estimate of drug-likeness (QED) is 0.0303. The summed E-state index contributed by atoms with van der Waals surface area (Å²) in [7, 11) is 1.44. The molecule has 1 amide bonds. The van der Waals surface area contributed by atoms with Crippen LogP contribution in [0.5, 0.6) is 17.5 Å². The van der Waals surface area contributed by atoms with Crippen LogP contribution in [-0.4, -0.2) is 56.0 Å². The number of imidazole rings is 1. The second-order valence-electron chi connectivity index (χ2n) is 18.2. The third-order valence-corrected chi connectivity index (χ3v) is 12.9. The van der Waals surface area contributed by atoms with Gasteiger partial charge in [-0.15, -0.1) is 0 Å². The molecule has 0 aliphatic rings. The van der Waals surface area contributed by atoms with Crippen molar-refractivity contribution in [1.82, 2.24) is 18.7 Å². The summed E-state index contributed by atoms with van der Waals surface area (Å²) in [5.74, 6) is -1.91. The zero-order valence-corrected chi connectivity index (χ0v) is 42.0. The molecule has 0 aliphatic heterocycles. The van der Waals surface area contributed by atoms with Gasteiger partial charge in [-0.1, -0.05) is 185 Å². The number of carbonyl (C=O) groups is 2. The van der Waals surface area contributed by atoms with Crippen molar-refractivity contribution in [3.8, 4) is 17.5 Å². The maximum absolute atomic E-state index is 15.2. The highest BCUT2D eigenvalue weighted by Gasteiger charge is 2.36. The number of anilines is 1. The van der Waals surface area contributed by atoms with E-state index < -0.39 is 29.5 Å². The summed E-state index contributed by atoms with van der Waals surface area (Å²) >= 11 is 0. The van der Waals surface area contributed by atoms with Gasteiger partial charge in [-0.05, 0) is 55.7 Å². The number of esters is 1. The van der Waals surface area contributed by atoms with E-state index in [1.165, 1.54) is 112 Å². The molecule has 0 radical (unpaired) electrons. The molecule has 0 fully saturated rings. The molecule has 5 rings (SSSR count). The molecule has 5 aromatic rings. The van der Waals surface area contributed by atoms with Crippen molar-refractivity contribution in [3.63, 3.8) is 0 Å². The third kappa shape index (κ3) is 16.1. The van der Waals surface area contributed by atoms with E-state index in [1.807, 2.05) is 30.3 Å². The molecule has 3 aromatic carbocycles. The van der Waals surface area contributed by atoms with Crippen molar-refractivity contribution in [3.05, 3.63) is 111 Å². The number of para-hydroxylation sites is 1. The van der Waals surface area contributed by atoms with Crippen molar-refractivity contribution in [2.45, 2.75) is 181 Å². The van der Waals surface area contributed by atoms with E-state index in [1.54, 1.807) is 43.3 Å². The first-order chi connectivity index (χ1) is 33.7. The number of ether oxygens (including phenoxy) is 3. The smallest absolute Gasteiger partial charge is 0.338 e. The van der Waals surface area contributed by atoms with Gasteiger partial charge in [-0.2, -0.15) is 0 Å². The Balaban J connectivity index is 1.42. The average Bonchev–Trinajstić information content (AvgIpc) is 3.58. The van der Waals surface area contributed by atoms with E-state index in [2.05, 4.69) is 19.2 Å². The average molecular weight is 950 g/mol. The van der Waals surface area contributed by atoms with E-state index in [9.17, 15) is 19.5 Å². The minimum absolute atomic E-state index is 0.0255. The van der Waals surface area contributed by atoms with Gasteiger partial charge in [0.05, 0.1) is 49.0 Å². The number of carbonyl (C=O) groups excluding carboxylic acids is 2. The molecular formula is C56H79N5O8. The van der Waals surface area contributed by atoms with Crippen LogP contribution in [0, 0.1) is 0 Å². The number of amides is 1. The lowest BCUT2D eigenvalue weighted by atomic mass is 10.1. The molecule has 2 N–H and O–H groups in total. The Kier molecular flexibility index (Phi) is 23.4. The highest BCUT2D eigenvalue weighted by molar-refractivity contribution is 5.99. The summed E-state index contributed by atoms with van der Waals surface area (Å²) in [6, 6.07) is 19.0. The van der Waals surface area contributed by atoms with Gasteiger partial charge in [0.2, 0.25) is 0 Å². The van der Waals surface area contributed by atoms with Crippen LogP contribution in [0.1, 0.15) is 190 Å². The maximum atomic E-state index is 15.2. The first-order valence-electron chi connectivity index (χ1n) is 26.1. The Labute approximate surface area is 409 Å². The van der Waals surface area contributed by atoms with Crippen molar-refractivity contribution in [1.29, 1.82) is 0 Å². The molecule has 1 atom stereocenters. The fraction of sp³-hybridized carbons (Fsp3) is 0.554. The summed E-state index contributed by atoms with van der Waals surface area (Å²) in [5, 5.41) is 15.3. The number of methoxy groups -OCH3 is 1. The number of aromatic hydroxyl groups is 1. The van der Waals surface area contributed by atoms with E-state index in [0.717, 1.165) is 55.1 Å². The molecule has 13 nitrogen and oxygen atoms in total. The highest BCUT2D eigenvalue weighted by atomic mass is 16.5. The van der Waals surface area contributed by atoms with Gasteiger partial charge < -0.3 is 24.6 Å². The molecule has 2 aromatic heterocycles. The van der Waals surface area contributed by atoms with Crippen LogP contribution in [0.2, 0.25) is 0 Å². The number of hydrogen-bond acceptors (Lipinski definition) is 9. The minimum atomic E-state index is -1.69. The molecule has 0 saturated heterocycles. The van der Waals surface area contributed by atoms with Crippen LogP contribution in [0.15, 0.2) is 82.4 Å². The summed E-state index contributed by atoms with van der Waals surface area (Å²) in [4.78, 5) is 62.9. The van der Waals surface area contributed by atoms with Crippen LogP contribution < -0.4 is 26.0 Å². The fourth-order valence-corrected chi connectivity index (χ4v) is 8.99. The molecule has 2 heterocycles. The second kappa shape index (κ2) is 29.9. The lowest BCUT2D eigenvalue weighted by molar-refractivity contribution is -0.118. The van der Waals surface area contributed by atoms with Crippen LogP contribution in [0.25, 0.3) is 10.9 Å². The zero-order valence-electron chi connectivity index (χ0n) is 42.0. The number of fused-ring (bicyclic) bond motifs is 1. The number of unbranched alkanes of at least 4 members (excludes halogenated alkanes) is 20. The van der Waals surface area contributed by atoms with Crippen LogP contribution in [0.4, 0.5) is 5.69 Å². The van der Waals surface area contributed by atoms with Gasteiger partial charge >= 0.3 is 11.7 Å². The predicted octanol–water partition coefficient (Wildman–Crippen LogP) is 12.5. The number of benzene rings is 3. The third-order valence-electron chi connectivity index (χ3n) is 12.9. The molecule has 0 saturated carbocycles. The van der Waals surface area contributed by atoms with Crippen LogP contribution in [-0.2, 0) is 22.6 Å². The number of rotatable bonds is 34. The first kappa shape index (κ1) is 54.1. The van der Waals surface area contributed by atoms with Crippen LogP contribution in [0.3, 0.4) is 0 Å². The van der Waals surface area contributed by atoms with Crippen LogP contribution >= 0.6 is 0 Å². The van der Waals surface area contributed by atoms with Gasteiger partial charge in [-0.3, -0.25) is 18.7 Å². The van der Waals surface area contributed by atoms with Crippen molar-refractivity contribution in [2.24, 2.45) is 0 Å². The summed E-state index contributed by atoms with van der Waals surface area (Å²) in [6.07, 6.45) is 25.2. The zero-order chi connectivity index (χ0) is 49.2. The maximum Gasteiger partial charge on any atom is 0.338 e. The van der Waals surface area contributed by atoms with E-state index in [4.69, 9.17) is 19.2 Å². The van der Waals surface area contributed by atoms with Gasteiger partial charge in [-0.25, -0.2) is 19.1 Å². The Morgan fingerprint density at radius 3 is 1.84 bits per heavy atom. The molecule has 0 bridgehead atoms. The topological polar surface area (TPSA) is 156 Å². The number of hydrogen-bond donors (Lipinski definition) is 2. The fourth-order valence-electron chi connectivity index (χ4n) is 8.99. The molecule has 0 aliphatic carbocycles. The summed E-state index contributed by atoms with van der Waals surface area (Å²) < 4.78 is 20.9. The van der Waals surface area contributed by atoms with Gasteiger partial charge in [0.1, 0.15) is 11.6 Å². The van der Waals surface area contributed by atoms with Gasteiger partial charge in [0.25, 0.3) is 23.2 Å². The predicted molar refractivity (Wildman–Crippen MR) is 276 cm³/mol. The molecule has 13 heteroatoms. The van der Waals surface area contributed by atoms with E-state index >= 15 is 4.79 Å². The standard InChI is InChI=1S/C56H79N5O8/c1-5-8-10-12-14-16-18-19-21-23-25-32-40-69-55(65)44-37-38-48(67-4)47(41-44)58-51(62)49(61-53(64)54(68-7-3)60(56(61)66)42-43-33-27-26-28-34-43)50-57-46-36-30-29-35-45(46)52(63)59(50)39-31-24-22-20-17-15-13-11-9-6-2/h26-30,33-38,41,49,64H,5-25,31-32,39-40,42H2,1-4H3,(H,58,62). The first-order valence-corrected chi connectivity index (χ1v) is 26.1. The molecule has 376 valence electrons. The summed E-state index contributed by atoms with van der Waals surface area (Å²) in [6.45, 7) is 6.81. The molecule has 0 spiro atoms. The largest absolute Gasteiger partial charge is 0.495 e. The van der Waals surface area contributed by atoms with Gasteiger partial charge in [0, 0.05) is 6.54 Å². The van der Waals surface area contributed by atoms with E-state index in [-0.39, 0.29) is 60.6 Å². The van der Waals surface area contributed by atoms with Crippen molar-refractivity contribution in [2.75, 3.05) is 25.6 Å². The summed E-state index contributed by atoms with van der Waals surface area (Å²) in [5.41, 5.74) is 0.268. The second-order valence-corrected chi connectivity index (χ2v) is 18.2. The molecule has 1 unspecified atom stereocenters. The number of nitrogens with zero attached hydrogens (tertiary/aromatic N) is 4. The lowest BCUT2D eigenvalue weighted by Gasteiger charge is -2.23. The molecular weight excluding hydrogens is 871 g/mol.